The molecule has 1 aliphatic rings. The molecule has 1 saturated heterocycles. The van der Waals surface area contributed by atoms with E-state index in [-0.39, 0.29) is 23.7 Å². The van der Waals surface area contributed by atoms with Gasteiger partial charge in [-0.3, -0.25) is 9.59 Å². The Kier molecular flexibility index (Phi) is 6.19. The van der Waals surface area contributed by atoms with Gasteiger partial charge < -0.3 is 16.0 Å². The van der Waals surface area contributed by atoms with E-state index >= 15 is 0 Å². The zero-order valence-electron chi connectivity index (χ0n) is 15.1. The van der Waals surface area contributed by atoms with Crippen molar-refractivity contribution in [1.29, 1.82) is 0 Å². The summed E-state index contributed by atoms with van der Waals surface area (Å²) in [6.45, 7) is 1.13. The Balaban J connectivity index is 1.47. The minimum atomic E-state index is -0.558. The highest BCUT2D eigenvalue weighted by atomic mass is 19.1. The highest BCUT2D eigenvalue weighted by molar-refractivity contribution is 5.94. The van der Waals surface area contributed by atoms with Crippen LogP contribution in [0.4, 0.5) is 4.39 Å². The number of halogens is 1. The van der Waals surface area contributed by atoms with Crippen LogP contribution in [0.2, 0.25) is 0 Å². The summed E-state index contributed by atoms with van der Waals surface area (Å²) >= 11 is 0. The normalized spacial score (nSPS) is 16.0. The average Bonchev–Trinajstić information content (AvgIpc) is 2.69. The lowest BCUT2D eigenvalue weighted by Gasteiger charge is -2.34. The molecule has 5 nitrogen and oxygen atoms in total. The van der Waals surface area contributed by atoms with Crippen molar-refractivity contribution in [3.05, 3.63) is 71.5 Å². The van der Waals surface area contributed by atoms with Crippen LogP contribution in [0.25, 0.3) is 0 Å². The molecule has 0 unspecified atom stereocenters. The number of rotatable bonds is 5. The molecule has 1 atom stereocenters. The highest BCUT2D eigenvalue weighted by Crippen LogP contribution is 2.14. The third kappa shape index (κ3) is 5.14. The largest absolute Gasteiger partial charge is 0.349 e. The molecule has 6 heteroatoms. The molecule has 27 heavy (non-hydrogen) atoms. The number of hydrogen-bond acceptors (Lipinski definition) is 3. The van der Waals surface area contributed by atoms with Crippen molar-refractivity contribution in [2.75, 3.05) is 13.1 Å². The molecule has 3 rings (SSSR count). The van der Waals surface area contributed by atoms with Crippen molar-refractivity contribution in [2.45, 2.75) is 31.3 Å². The molecular weight excluding hydrogens is 345 g/mol. The fraction of sp³-hybridized carbons (Fsp3) is 0.333. The second-order valence-corrected chi connectivity index (χ2v) is 6.88. The van der Waals surface area contributed by atoms with Gasteiger partial charge in [-0.25, -0.2) is 4.39 Å². The van der Waals surface area contributed by atoms with Gasteiger partial charge in [0.1, 0.15) is 5.82 Å². The molecule has 1 heterocycles. The van der Waals surface area contributed by atoms with Crippen LogP contribution in [0.5, 0.6) is 0 Å². The van der Waals surface area contributed by atoms with Crippen LogP contribution >= 0.6 is 0 Å². The quantitative estimate of drug-likeness (QED) is 0.848. The summed E-state index contributed by atoms with van der Waals surface area (Å²) in [6.07, 6.45) is 1.87. The number of likely N-dealkylation sites (tertiary alicyclic amines) is 1. The van der Waals surface area contributed by atoms with E-state index in [0.717, 1.165) is 5.56 Å². The maximum atomic E-state index is 13.0. The third-order valence-corrected chi connectivity index (χ3v) is 4.86. The van der Waals surface area contributed by atoms with Crippen molar-refractivity contribution < 1.29 is 14.0 Å². The van der Waals surface area contributed by atoms with E-state index < -0.39 is 6.04 Å². The van der Waals surface area contributed by atoms with Crippen LogP contribution in [-0.2, 0) is 11.2 Å². The van der Waals surface area contributed by atoms with E-state index in [1.807, 2.05) is 30.3 Å². The van der Waals surface area contributed by atoms with Gasteiger partial charge in [0.2, 0.25) is 5.91 Å². The molecule has 3 N–H and O–H groups in total. The summed E-state index contributed by atoms with van der Waals surface area (Å²) in [5.74, 6) is -0.645. The van der Waals surface area contributed by atoms with Crippen molar-refractivity contribution in [3.8, 4) is 0 Å². The highest BCUT2D eigenvalue weighted by Gasteiger charge is 2.27. The van der Waals surface area contributed by atoms with E-state index in [4.69, 9.17) is 5.73 Å². The number of nitrogens with two attached hydrogens (primary N) is 1. The molecule has 0 aliphatic carbocycles. The predicted molar refractivity (Wildman–Crippen MR) is 102 cm³/mol. The van der Waals surface area contributed by atoms with Crippen molar-refractivity contribution in [3.63, 3.8) is 0 Å². The lowest BCUT2D eigenvalue weighted by atomic mass is 10.0. The zero-order valence-corrected chi connectivity index (χ0v) is 15.1. The fourth-order valence-corrected chi connectivity index (χ4v) is 3.30. The van der Waals surface area contributed by atoms with Crippen molar-refractivity contribution >= 4 is 11.8 Å². The first-order valence-corrected chi connectivity index (χ1v) is 9.17. The maximum Gasteiger partial charge on any atom is 0.251 e. The van der Waals surface area contributed by atoms with Gasteiger partial charge in [-0.2, -0.15) is 0 Å². The first kappa shape index (κ1) is 19.0. The van der Waals surface area contributed by atoms with Gasteiger partial charge >= 0.3 is 0 Å². The maximum absolute atomic E-state index is 13.0. The molecule has 0 radical (unpaired) electrons. The van der Waals surface area contributed by atoms with E-state index in [9.17, 15) is 14.0 Å². The second-order valence-electron chi connectivity index (χ2n) is 6.88. The van der Waals surface area contributed by atoms with Crippen molar-refractivity contribution in [2.24, 2.45) is 5.73 Å². The summed E-state index contributed by atoms with van der Waals surface area (Å²) < 4.78 is 13.0. The standard InChI is InChI=1S/C21H24FN3O2/c22-17-8-6-16(7-9-17)20(26)24-18-10-12-25(13-11-18)21(27)19(23)14-15-4-2-1-3-5-15/h1-9,18-19H,10-14,23H2,(H,24,26)/t19-/m0/s1. The summed E-state index contributed by atoms with van der Waals surface area (Å²) in [4.78, 5) is 26.6. The first-order valence-electron chi connectivity index (χ1n) is 9.17. The summed E-state index contributed by atoms with van der Waals surface area (Å²) in [6, 6.07) is 14.6. The topological polar surface area (TPSA) is 75.4 Å². The SMILES string of the molecule is N[C@@H](Cc1ccccc1)C(=O)N1CCC(NC(=O)c2ccc(F)cc2)CC1. The Morgan fingerprint density at radius 3 is 2.33 bits per heavy atom. The molecule has 2 aromatic carbocycles. The van der Waals surface area contributed by atoms with Gasteiger partial charge in [0.05, 0.1) is 6.04 Å². The number of nitrogens with zero attached hydrogens (tertiary/aromatic N) is 1. The Labute approximate surface area is 158 Å². The smallest absolute Gasteiger partial charge is 0.251 e. The Hall–Kier alpha value is -2.73. The number of benzene rings is 2. The summed E-state index contributed by atoms with van der Waals surface area (Å²) in [5, 5.41) is 2.95. The molecule has 0 spiro atoms. The van der Waals surface area contributed by atoms with E-state index in [0.29, 0.717) is 37.9 Å². The first-order chi connectivity index (χ1) is 13.0. The number of amides is 2. The molecule has 0 saturated carbocycles. The molecule has 0 aromatic heterocycles. The predicted octanol–water partition coefficient (Wildman–Crippen LogP) is 2.12. The molecule has 2 aromatic rings. The van der Waals surface area contributed by atoms with Crippen LogP contribution in [0.1, 0.15) is 28.8 Å². The number of piperidine rings is 1. The van der Waals surface area contributed by atoms with Crippen LogP contribution in [0.3, 0.4) is 0 Å². The monoisotopic (exact) mass is 369 g/mol. The van der Waals surface area contributed by atoms with Crippen LogP contribution in [0, 0.1) is 5.82 Å². The molecule has 1 aliphatic heterocycles. The number of hydrogen-bond donors (Lipinski definition) is 2. The minimum Gasteiger partial charge on any atom is -0.349 e. The third-order valence-electron chi connectivity index (χ3n) is 4.86. The average molecular weight is 369 g/mol. The van der Waals surface area contributed by atoms with Crippen LogP contribution in [-0.4, -0.2) is 41.9 Å². The summed E-state index contributed by atoms with van der Waals surface area (Å²) in [7, 11) is 0. The van der Waals surface area contributed by atoms with E-state index in [1.165, 1.54) is 24.3 Å². The van der Waals surface area contributed by atoms with Crippen LogP contribution < -0.4 is 11.1 Å². The second kappa shape index (κ2) is 8.77. The van der Waals surface area contributed by atoms with Crippen LogP contribution in [0.15, 0.2) is 54.6 Å². The lowest BCUT2D eigenvalue weighted by Crippen LogP contribution is -2.51. The lowest BCUT2D eigenvalue weighted by molar-refractivity contribution is -0.133. The van der Waals surface area contributed by atoms with Gasteiger partial charge in [-0.15, -0.1) is 0 Å². The van der Waals surface area contributed by atoms with E-state index in [2.05, 4.69) is 5.32 Å². The molecule has 1 fully saturated rings. The number of nitrogens with one attached hydrogen (secondary N) is 1. The van der Waals surface area contributed by atoms with E-state index in [1.54, 1.807) is 4.90 Å². The molecular formula is C21H24FN3O2. The summed E-state index contributed by atoms with van der Waals surface area (Å²) in [5.41, 5.74) is 7.56. The fourth-order valence-electron chi connectivity index (χ4n) is 3.30. The van der Waals surface area contributed by atoms with Crippen molar-refractivity contribution in [1.82, 2.24) is 10.2 Å². The Morgan fingerprint density at radius 2 is 1.70 bits per heavy atom. The number of carbonyl (C=O) groups excluding carboxylic acids is 2. The number of carbonyl (C=O) groups is 2. The molecule has 0 bridgehead atoms. The minimum absolute atomic E-state index is 0.00282. The molecule has 2 amide bonds. The van der Waals surface area contributed by atoms with Gasteiger partial charge in [-0.05, 0) is 49.1 Å². The molecule has 142 valence electrons. The zero-order chi connectivity index (χ0) is 19.2. The van der Waals surface area contributed by atoms with Gasteiger partial charge in [0.15, 0.2) is 0 Å². The Morgan fingerprint density at radius 1 is 1.07 bits per heavy atom. The van der Waals surface area contributed by atoms with Gasteiger partial charge in [-0.1, -0.05) is 30.3 Å². The van der Waals surface area contributed by atoms with Gasteiger partial charge in [0.25, 0.3) is 5.91 Å². The Bertz CT molecular complexity index is 772. The van der Waals surface area contributed by atoms with Gasteiger partial charge in [0, 0.05) is 24.7 Å².